The Balaban J connectivity index is 0.000000250. The minimum Gasteiger partial charge on any atom is -0.462 e. The number of alkyl halides is 18. The molecule has 0 heterocycles. The summed E-state index contributed by atoms with van der Waals surface area (Å²) in [5.41, 5.74) is -6.68. The lowest BCUT2D eigenvalue weighted by Gasteiger charge is -2.42. The van der Waals surface area contributed by atoms with Crippen molar-refractivity contribution < 1.29 is 147 Å². The summed E-state index contributed by atoms with van der Waals surface area (Å²) in [5, 5.41) is 38.4. The van der Waals surface area contributed by atoms with E-state index in [9.17, 15) is 123 Å². The number of rotatable bonds is 14. The maximum atomic E-state index is 13.6. The van der Waals surface area contributed by atoms with Gasteiger partial charge in [-0.25, -0.2) is 0 Å². The number of hydrogen-bond donors (Lipinski definition) is 4. The highest BCUT2D eigenvalue weighted by atomic mass is 19.4. The van der Waals surface area contributed by atoms with Gasteiger partial charge in [-0.05, 0) is 166 Å². The van der Waals surface area contributed by atoms with Crippen LogP contribution in [0.4, 0.5) is 79.0 Å². The van der Waals surface area contributed by atoms with Crippen molar-refractivity contribution in [1.29, 1.82) is 0 Å². The summed E-state index contributed by atoms with van der Waals surface area (Å²) in [4.78, 5) is 57.3. The maximum Gasteiger partial charge on any atom is 0.450 e. The molecule has 0 amide bonds. The van der Waals surface area contributed by atoms with Crippen molar-refractivity contribution in [1.82, 2.24) is 0 Å². The third kappa shape index (κ3) is 23.8. The summed E-state index contributed by atoms with van der Waals surface area (Å²) >= 11 is 0. The molecular formula is C88H106F18O14. The smallest absolute Gasteiger partial charge is 0.450 e. The fraction of sp³-hybridized carbons (Fsp3) is 0.670. The number of aliphatic hydroxyl groups excluding tert-OH is 2. The van der Waals surface area contributed by atoms with E-state index in [1.54, 1.807) is 20.8 Å². The van der Waals surface area contributed by atoms with Gasteiger partial charge in [0, 0.05) is 92.4 Å². The van der Waals surface area contributed by atoms with Gasteiger partial charge in [-0.15, -0.1) is 0 Å². The standard InChI is InChI=1S/C32H38F6O6.C30H36F6O5.C26H32F6O3/c1-19(8-6-15-30(31(33,34)35,32(36,37)38)44-22(4)41)27-12-13-28-24(9-7-14-29(27,28)5)11-10-23-16-25(42-20(2)39)18-26(17-23)43-21(3)40;1-18(7-5-14-28(39,29(31,32)33)30(34,35)36)25-11-12-26-22(8-6-13-27(25,26)4)10-9-21-15-23(40-19(2)37)17-24(16-21)41-20(3)38;1-16(5-3-12-24(35,25(27,28)29)26(30,31)32)21-9-10-22-18(6-4-11-23(21,22)2)8-7-17-13-19(33)15-20(34)14-17/h10-12,19,25-26,28H,7-9,13-14,16-18H2,1-5H3;9-11,18,23-24,26,39H,6-8,12-13,15-17H2,1-4H3;7-9,16,19-20,22,33-35H,4-6,10-11,13-15H2,1-2H3/b23-10?,24-11+;21-9?,22-10+;17-7?,18-8+/t19?,25-,26?,28?,29-;18?,23-,24?,26?,27-;16?,19-,20?,22?,23-/m111/s1. The van der Waals surface area contributed by atoms with E-state index in [0.717, 1.165) is 115 Å². The molecule has 9 aliphatic rings. The minimum atomic E-state index is -5.98. The van der Waals surface area contributed by atoms with Crippen LogP contribution >= 0.6 is 0 Å². The molecule has 15 atom stereocenters. The molecule has 0 spiro atoms. The number of aliphatic hydroxyl groups is 4. The molecule has 9 aliphatic carbocycles. The Morgan fingerprint density at radius 2 is 0.658 bits per heavy atom. The van der Waals surface area contributed by atoms with Gasteiger partial charge >= 0.3 is 83.7 Å². The van der Waals surface area contributed by atoms with Gasteiger partial charge < -0.3 is 44.1 Å². The van der Waals surface area contributed by atoms with E-state index in [-0.39, 0.29) is 59.2 Å². The van der Waals surface area contributed by atoms with E-state index >= 15 is 0 Å². The molecule has 6 fully saturated rings. The van der Waals surface area contributed by atoms with Gasteiger partial charge in [-0.2, -0.15) is 79.0 Å². The number of ether oxygens (including phenoxy) is 5. The second kappa shape index (κ2) is 39.0. The van der Waals surface area contributed by atoms with Crippen molar-refractivity contribution in [2.75, 3.05) is 0 Å². The van der Waals surface area contributed by atoms with Gasteiger partial charge in [0.25, 0.3) is 0 Å². The van der Waals surface area contributed by atoms with Crippen LogP contribution in [0.15, 0.2) is 105 Å². The van der Waals surface area contributed by atoms with Crippen LogP contribution in [0.25, 0.3) is 0 Å². The van der Waals surface area contributed by atoms with E-state index in [1.165, 1.54) is 44.8 Å². The van der Waals surface area contributed by atoms with Crippen molar-refractivity contribution in [2.45, 2.75) is 321 Å². The second-order valence-electron chi connectivity index (χ2n) is 33.9. The highest BCUT2D eigenvalue weighted by Crippen LogP contribution is 2.61. The molecule has 14 nitrogen and oxygen atoms in total. The molecule has 0 aromatic rings. The zero-order valence-electron chi connectivity index (χ0n) is 68.8. The molecule has 0 aliphatic heterocycles. The number of fused-ring (bicyclic) bond motifs is 3. The van der Waals surface area contributed by atoms with Crippen LogP contribution in [-0.2, 0) is 47.7 Å². The molecule has 0 aromatic carbocycles. The van der Waals surface area contributed by atoms with Crippen molar-refractivity contribution in [3.63, 3.8) is 0 Å². The van der Waals surface area contributed by atoms with Gasteiger partial charge in [0.05, 0.1) is 12.2 Å². The molecule has 0 saturated heterocycles. The van der Waals surface area contributed by atoms with Gasteiger partial charge in [0.2, 0.25) is 0 Å². The van der Waals surface area contributed by atoms with Crippen molar-refractivity contribution in [2.24, 2.45) is 51.8 Å². The number of hydrogen-bond acceptors (Lipinski definition) is 14. The Labute approximate surface area is 687 Å². The first-order valence-corrected chi connectivity index (χ1v) is 40.1. The second-order valence-corrected chi connectivity index (χ2v) is 33.9. The SMILES string of the molecule is CC(=O)OC1CC(=C/C=C2\CCC[C@]3(C)C(C(C)CC#CC(O)(C(F)(F)F)C(F)(F)F)=CCC23)C[C@@H](OC(C)=O)C1.CC(=O)OC1CC(=C/C=C2\CCC[C@]3(C)C(C(C)CC#CC(OC(C)=O)(C(F)(F)F)C(F)(F)F)=CCC23)C[C@@H](OC(C)=O)C1.CC(CC#CC(O)(C(F)(F)F)C(F)(F)F)C1=CCC2/C(=C/C=C3CC(O)C[C@H](O)C3)CCC[C@]12C. The zero-order chi connectivity index (χ0) is 90.1. The molecule has 9 unspecified atom stereocenters. The van der Waals surface area contributed by atoms with E-state index in [2.05, 4.69) is 31.6 Å². The maximum absolute atomic E-state index is 13.6. The Bertz CT molecular complexity index is 4130. The molecule has 0 radical (unpaired) electrons. The summed E-state index contributed by atoms with van der Waals surface area (Å²) in [6.45, 7) is 17.1. The Morgan fingerprint density at radius 3 is 0.900 bits per heavy atom. The average Bonchev–Trinajstić information content (AvgIpc) is 1.64. The van der Waals surface area contributed by atoms with Crippen LogP contribution in [0.5, 0.6) is 0 Å². The fourth-order valence-electron chi connectivity index (χ4n) is 19.2. The van der Waals surface area contributed by atoms with Crippen LogP contribution in [0.3, 0.4) is 0 Å². The molecular weight excluding hydrogens is 1620 g/mol. The summed E-state index contributed by atoms with van der Waals surface area (Å²) in [5.74, 6) is 5.04. The lowest BCUT2D eigenvalue weighted by atomic mass is 9.62. The van der Waals surface area contributed by atoms with Crippen LogP contribution in [0.1, 0.15) is 230 Å². The van der Waals surface area contributed by atoms with Crippen molar-refractivity contribution in [3.8, 4) is 35.5 Å². The van der Waals surface area contributed by atoms with Crippen molar-refractivity contribution >= 4 is 29.8 Å². The predicted molar refractivity (Wildman–Crippen MR) is 404 cm³/mol. The monoisotopic (exact) mass is 1730 g/mol. The normalized spacial score (nSPS) is 30.2. The molecule has 120 heavy (non-hydrogen) atoms. The number of esters is 5. The van der Waals surface area contributed by atoms with E-state index in [0.29, 0.717) is 77.6 Å². The minimum absolute atomic E-state index is 0.0844. The highest BCUT2D eigenvalue weighted by molar-refractivity contribution is 5.68. The third-order valence-corrected chi connectivity index (χ3v) is 24.7. The molecule has 0 bridgehead atoms. The molecule has 668 valence electrons. The largest absolute Gasteiger partial charge is 0.462 e. The summed E-state index contributed by atoms with van der Waals surface area (Å²) in [6, 6.07) is 0. The third-order valence-electron chi connectivity index (χ3n) is 24.7. The van der Waals surface area contributed by atoms with Crippen LogP contribution in [-0.4, -0.2) is 141 Å². The average molecular weight is 1730 g/mol. The Hall–Kier alpha value is -7.73. The lowest BCUT2D eigenvalue weighted by molar-refractivity contribution is -0.346. The predicted octanol–water partition coefficient (Wildman–Crippen LogP) is 20.2. The summed E-state index contributed by atoms with van der Waals surface area (Å²) in [7, 11) is 0. The van der Waals surface area contributed by atoms with Gasteiger partial charge in [0.15, 0.2) is 0 Å². The van der Waals surface area contributed by atoms with E-state index < -0.39 is 132 Å². The first-order valence-electron chi connectivity index (χ1n) is 40.1. The molecule has 9 rings (SSSR count). The topological polar surface area (TPSA) is 212 Å². The summed E-state index contributed by atoms with van der Waals surface area (Å²) in [6.07, 6.45) is -7.33. The van der Waals surface area contributed by atoms with Gasteiger partial charge in [-0.1, -0.05) is 164 Å². The molecule has 0 aromatic heterocycles. The number of allylic oxidation sites excluding steroid dienone is 15. The zero-order valence-corrected chi connectivity index (χ0v) is 68.8. The molecule has 4 N–H and O–H groups in total. The number of carbonyl (C=O) groups is 5. The fourth-order valence-corrected chi connectivity index (χ4v) is 19.2. The van der Waals surface area contributed by atoms with E-state index in [1.807, 2.05) is 66.4 Å². The van der Waals surface area contributed by atoms with Crippen LogP contribution in [0, 0.1) is 87.3 Å². The van der Waals surface area contributed by atoms with Gasteiger partial charge in [-0.3, -0.25) is 24.0 Å². The first-order chi connectivity index (χ1) is 55.2. The quantitative estimate of drug-likeness (QED) is 0.0419. The molecule has 32 heteroatoms. The van der Waals surface area contributed by atoms with Crippen LogP contribution < -0.4 is 0 Å². The number of halogens is 18. The van der Waals surface area contributed by atoms with Crippen LogP contribution in [0.2, 0.25) is 0 Å². The number of carbonyl (C=O) groups excluding carboxylic acids is 5. The lowest BCUT2D eigenvalue weighted by Crippen LogP contribution is -2.58. The highest BCUT2D eigenvalue weighted by Gasteiger charge is 2.75. The van der Waals surface area contributed by atoms with Crippen molar-refractivity contribution in [3.05, 3.63) is 105 Å². The molecule has 6 saturated carbocycles. The summed E-state index contributed by atoms with van der Waals surface area (Å²) < 4.78 is 262. The van der Waals surface area contributed by atoms with Gasteiger partial charge in [0.1, 0.15) is 24.4 Å². The van der Waals surface area contributed by atoms with E-state index in [4.69, 9.17) is 18.9 Å². The first kappa shape index (κ1) is 99.4. The Morgan fingerprint density at radius 1 is 0.400 bits per heavy atom. The Kier molecular flexibility index (Phi) is 32.3.